The topological polar surface area (TPSA) is 41.8 Å². The molecule has 3 rings (SSSR count). The van der Waals surface area contributed by atoms with E-state index in [0.29, 0.717) is 6.61 Å². The van der Waals surface area contributed by atoms with Crippen molar-refractivity contribution in [2.75, 3.05) is 5.75 Å². The van der Waals surface area contributed by atoms with Crippen molar-refractivity contribution >= 4 is 16.8 Å². The van der Waals surface area contributed by atoms with Crippen LogP contribution in [-0.2, 0) is 11.3 Å². The van der Waals surface area contributed by atoms with Crippen molar-refractivity contribution in [2.45, 2.75) is 38.2 Å². The average Bonchev–Trinajstić information content (AvgIpc) is 3.13. The normalized spacial score (nSPS) is 24.3. The second-order valence-corrected chi connectivity index (χ2v) is 6.33. The summed E-state index contributed by atoms with van der Waals surface area (Å²) in [6, 6.07) is 9.82. The predicted octanol–water partition coefficient (Wildman–Crippen LogP) is 2.84. The van der Waals surface area contributed by atoms with Gasteiger partial charge in [0.1, 0.15) is 6.04 Å². The van der Waals surface area contributed by atoms with Crippen molar-refractivity contribution in [3.05, 3.63) is 35.9 Å². The molecule has 4 heteroatoms. The van der Waals surface area contributed by atoms with Gasteiger partial charge in [0.05, 0.1) is 11.7 Å². The molecule has 1 N–H and O–H groups in total. The molecule has 1 unspecified atom stereocenters. The summed E-state index contributed by atoms with van der Waals surface area (Å²) < 4.78 is 5.52. The number of rotatable bonds is 6. The largest absolute Gasteiger partial charge is 0.366 e. The second kappa shape index (κ2) is 6.07. The molecule has 1 aromatic rings. The van der Waals surface area contributed by atoms with E-state index in [1.165, 1.54) is 17.9 Å². The first-order valence-corrected chi connectivity index (χ1v) is 7.83. The lowest BCUT2D eigenvalue weighted by Gasteiger charge is -2.15. The van der Waals surface area contributed by atoms with Crippen LogP contribution in [-0.4, -0.2) is 28.2 Å². The first-order chi connectivity index (χ1) is 9.31. The predicted molar refractivity (Wildman–Crippen MR) is 78.3 cm³/mol. The van der Waals surface area contributed by atoms with E-state index in [1.54, 1.807) is 11.8 Å². The highest BCUT2D eigenvalue weighted by molar-refractivity contribution is 8.14. The minimum atomic E-state index is -0.788. The van der Waals surface area contributed by atoms with Gasteiger partial charge < -0.3 is 9.84 Å². The van der Waals surface area contributed by atoms with Crippen LogP contribution in [0.25, 0.3) is 0 Å². The summed E-state index contributed by atoms with van der Waals surface area (Å²) >= 11 is 1.78. The van der Waals surface area contributed by atoms with Crippen molar-refractivity contribution in [3.8, 4) is 0 Å². The monoisotopic (exact) mass is 277 g/mol. The molecule has 1 heterocycles. The third-order valence-electron chi connectivity index (χ3n) is 3.48. The zero-order chi connectivity index (χ0) is 13.1. The fraction of sp³-hybridized carbons (Fsp3) is 0.533. The van der Waals surface area contributed by atoms with E-state index in [9.17, 15) is 5.11 Å². The molecule has 1 aliphatic heterocycles. The SMILES string of the molecule is OC(OCc1ccccc1)[C@@H]1CSC(CC2CC2)=N1. The number of hydrogen-bond acceptors (Lipinski definition) is 4. The van der Waals surface area contributed by atoms with Gasteiger partial charge in [0.25, 0.3) is 0 Å². The van der Waals surface area contributed by atoms with E-state index in [4.69, 9.17) is 4.74 Å². The molecular formula is C15H19NO2S. The van der Waals surface area contributed by atoms with Crippen molar-refractivity contribution in [2.24, 2.45) is 10.9 Å². The van der Waals surface area contributed by atoms with Gasteiger partial charge in [-0.25, -0.2) is 0 Å². The Morgan fingerprint density at radius 1 is 1.32 bits per heavy atom. The quantitative estimate of drug-likeness (QED) is 0.813. The van der Waals surface area contributed by atoms with Crippen LogP contribution >= 0.6 is 11.8 Å². The summed E-state index contributed by atoms with van der Waals surface area (Å²) in [5.41, 5.74) is 1.08. The number of nitrogens with zero attached hydrogens (tertiary/aromatic N) is 1. The molecule has 2 atom stereocenters. The highest BCUT2D eigenvalue weighted by atomic mass is 32.2. The van der Waals surface area contributed by atoms with Gasteiger partial charge >= 0.3 is 0 Å². The molecule has 0 bridgehead atoms. The van der Waals surface area contributed by atoms with E-state index in [1.807, 2.05) is 30.3 Å². The molecule has 0 spiro atoms. The van der Waals surface area contributed by atoms with Crippen LogP contribution in [0.4, 0.5) is 0 Å². The van der Waals surface area contributed by atoms with E-state index >= 15 is 0 Å². The van der Waals surface area contributed by atoms with Gasteiger partial charge in [-0.15, -0.1) is 11.8 Å². The average molecular weight is 277 g/mol. The molecule has 1 saturated carbocycles. The highest BCUT2D eigenvalue weighted by Crippen LogP contribution is 2.36. The summed E-state index contributed by atoms with van der Waals surface area (Å²) in [6.45, 7) is 0.441. The Morgan fingerprint density at radius 3 is 2.84 bits per heavy atom. The lowest BCUT2D eigenvalue weighted by molar-refractivity contribution is -0.116. The smallest absolute Gasteiger partial charge is 0.178 e. The fourth-order valence-electron chi connectivity index (χ4n) is 2.13. The molecule has 1 fully saturated rings. The minimum Gasteiger partial charge on any atom is -0.366 e. The van der Waals surface area contributed by atoms with Gasteiger partial charge in [-0.1, -0.05) is 30.3 Å². The molecule has 0 saturated heterocycles. The van der Waals surface area contributed by atoms with Crippen LogP contribution in [0, 0.1) is 5.92 Å². The maximum Gasteiger partial charge on any atom is 0.178 e. The molecule has 1 aliphatic carbocycles. The molecule has 0 amide bonds. The maximum absolute atomic E-state index is 10.0. The summed E-state index contributed by atoms with van der Waals surface area (Å²) in [7, 11) is 0. The molecule has 0 radical (unpaired) electrons. The van der Waals surface area contributed by atoms with Crippen LogP contribution in [0.2, 0.25) is 0 Å². The Morgan fingerprint density at radius 2 is 2.11 bits per heavy atom. The van der Waals surface area contributed by atoms with Crippen LogP contribution in [0.1, 0.15) is 24.8 Å². The fourth-order valence-corrected chi connectivity index (χ4v) is 3.30. The van der Waals surface area contributed by atoms with Crippen LogP contribution in [0.5, 0.6) is 0 Å². The third kappa shape index (κ3) is 3.81. The number of benzene rings is 1. The lowest BCUT2D eigenvalue weighted by atomic mass is 10.2. The number of aliphatic hydroxyl groups excluding tert-OH is 1. The summed E-state index contributed by atoms with van der Waals surface area (Å²) in [5, 5.41) is 11.2. The lowest BCUT2D eigenvalue weighted by Crippen LogP contribution is -2.27. The maximum atomic E-state index is 10.0. The van der Waals surface area contributed by atoms with Crippen molar-refractivity contribution in [1.82, 2.24) is 0 Å². The summed E-state index contributed by atoms with van der Waals surface area (Å²) in [5.74, 6) is 1.70. The molecule has 1 aromatic carbocycles. The Kier molecular flexibility index (Phi) is 4.21. The summed E-state index contributed by atoms with van der Waals surface area (Å²) in [6.07, 6.45) is 3.01. The molecule has 3 nitrogen and oxygen atoms in total. The van der Waals surface area contributed by atoms with Gasteiger partial charge in [-0.3, -0.25) is 4.99 Å². The van der Waals surface area contributed by atoms with E-state index in [-0.39, 0.29) is 6.04 Å². The van der Waals surface area contributed by atoms with Crippen LogP contribution in [0.3, 0.4) is 0 Å². The van der Waals surface area contributed by atoms with Gasteiger partial charge in [0, 0.05) is 5.75 Å². The molecular weight excluding hydrogens is 258 g/mol. The molecule has 0 aromatic heterocycles. The number of aliphatic hydroxyl groups is 1. The van der Waals surface area contributed by atoms with Crippen molar-refractivity contribution in [3.63, 3.8) is 0 Å². The van der Waals surface area contributed by atoms with Crippen LogP contribution in [0.15, 0.2) is 35.3 Å². The first kappa shape index (κ1) is 13.2. The minimum absolute atomic E-state index is 0.0949. The number of thioether (sulfide) groups is 1. The Bertz CT molecular complexity index is 445. The Labute approximate surface area is 118 Å². The third-order valence-corrected chi connectivity index (χ3v) is 4.60. The number of ether oxygens (including phenoxy) is 1. The van der Waals surface area contributed by atoms with Gasteiger partial charge in [-0.05, 0) is 30.7 Å². The van der Waals surface area contributed by atoms with Crippen LogP contribution < -0.4 is 0 Å². The Hall–Kier alpha value is -0.840. The number of hydrogen-bond donors (Lipinski definition) is 1. The van der Waals surface area contributed by atoms with Gasteiger partial charge in [-0.2, -0.15) is 0 Å². The summed E-state index contributed by atoms with van der Waals surface area (Å²) in [4.78, 5) is 4.59. The molecule has 102 valence electrons. The molecule has 19 heavy (non-hydrogen) atoms. The molecule has 2 aliphatic rings. The second-order valence-electron chi connectivity index (χ2n) is 5.24. The standard InChI is InChI=1S/C15H19NO2S/c17-15(18-9-12-4-2-1-3-5-12)13-10-19-14(16-13)8-11-6-7-11/h1-5,11,13,15,17H,6-10H2/t13-,15?/m0/s1. The van der Waals surface area contributed by atoms with Crippen molar-refractivity contribution in [1.29, 1.82) is 0 Å². The highest BCUT2D eigenvalue weighted by Gasteiger charge is 2.30. The van der Waals surface area contributed by atoms with Gasteiger partial charge in [0.2, 0.25) is 0 Å². The number of aliphatic imine (C=N–C) groups is 1. The van der Waals surface area contributed by atoms with Crippen molar-refractivity contribution < 1.29 is 9.84 Å². The van der Waals surface area contributed by atoms with Gasteiger partial charge in [0.15, 0.2) is 6.29 Å². The van der Waals surface area contributed by atoms with E-state index in [2.05, 4.69) is 4.99 Å². The van der Waals surface area contributed by atoms with E-state index < -0.39 is 6.29 Å². The zero-order valence-corrected chi connectivity index (χ0v) is 11.7. The van der Waals surface area contributed by atoms with E-state index in [0.717, 1.165) is 23.7 Å². The first-order valence-electron chi connectivity index (χ1n) is 6.84. The Balaban J connectivity index is 1.47. The zero-order valence-electron chi connectivity index (χ0n) is 10.9.